The summed E-state index contributed by atoms with van der Waals surface area (Å²) in [5.74, 6) is -8.61. The predicted molar refractivity (Wildman–Crippen MR) is 161 cm³/mol. The van der Waals surface area contributed by atoms with E-state index < -0.39 is 99.4 Å². The summed E-state index contributed by atoms with van der Waals surface area (Å²) in [6.45, 7) is 7.78. The van der Waals surface area contributed by atoms with Crippen molar-refractivity contribution in [3.05, 3.63) is 71.6 Å². The number of halogens is 4. The number of amides is 1. The van der Waals surface area contributed by atoms with E-state index in [1.54, 1.807) is 0 Å². The summed E-state index contributed by atoms with van der Waals surface area (Å²) in [6, 6.07) is 6.91. The molecular formula is C35H35F4NO9. The van der Waals surface area contributed by atoms with Crippen molar-refractivity contribution in [3.8, 4) is 5.75 Å². The van der Waals surface area contributed by atoms with Crippen LogP contribution in [0.4, 0.5) is 23.2 Å². The summed E-state index contributed by atoms with van der Waals surface area (Å²) >= 11 is 0. The van der Waals surface area contributed by atoms with Crippen molar-refractivity contribution in [2.45, 2.75) is 70.0 Å². The standard InChI is InChI=1S/C35H35F4NO9/c1-16-20-9-11-23-32-15-47-34(46,27(43)25(32)31(2,3)13-12-24(32)41)33(23,26(16)42)28(20)48-30(45)18-6-10-21(36)22(14-18)40-29(44)17-4-7-19(8-5-17)49-35(37,38)39/h4-8,10,14,20,23-25,27-28,41,43,46H,1,9,11-13,15H2,2-3H3,(H,40,44)/t20-,23-,24-,25+,27-,28+,32+,33-,34+/m0/s1. The van der Waals surface area contributed by atoms with E-state index in [9.17, 15) is 47.3 Å². The van der Waals surface area contributed by atoms with Gasteiger partial charge in [-0.15, -0.1) is 13.2 Å². The lowest BCUT2D eigenvalue weighted by atomic mass is 9.35. The van der Waals surface area contributed by atoms with Gasteiger partial charge in [0, 0.05) is 22.8 Å². The molecule has 6 aliphatic rings. The molecule has 49 heavy (non-hydrogen) atoms. The summed E-state index contributed by atoms with van der Waals surface area (Å²) in [5, 5.41) is 38.1. The molecule has 0 unspecified atom stereocenters. The van der Waals surface area contributed by atoms with Crippen LogP contribution in [0.1, 0.15) is 60.2 Å². The Morgan fingerprint density at radius 3 is 2.39 bits per heavy atom. The molecule has 2 heterocycles. The highest BCUT2D eigenvalue weighted by molar-refractivity contribution is 6.06. The molecule has 10 nitrogen and oxygen atoms in total. The molecule has 262 valence electrons. The van der Waals surface area contributed by atoms with E-state index >= 15 is 0 Å². The first-order chi connectivity index (χ1) is 22.9. The predicted octanol–water partition coefficient (Wildman–Crippen LogP) is 4.53. The molecule has 9 atom stereocenters. The zero-order valence-corrected chi connectivity index (χ0v) is 26.6. The molecule has 2 aliphatic heterocycles. The molecule has 2 aromatic carbocycles. The van der Waals surface area contributed by atoms with Crippen LogP contribution in [0.25, 0.3) is 0 Å². The number of fused-ring (bicyclic) bond motifs is 2. The summed E-state index contributed by atoms with van der Waals surface area (Å²) in [4.78, 5) is 40.9. The molecule has 14 heteroatoms. The Labute approximate surface area is 278 Å². The van der Waals surface area contributed by atoms with Crippen molar-refractivity contribution < 1.29 is 61.5 Å². The quantitative estimate of drug-likeness (QED) is 0.202. The Balaban J connectivity index is 1.19. The van der Waals surface area contributed by atoms with E-state index in [1.165, 1.54) is 0 Å². The number of aliphatic hydroxyl groups is 3. The van der Waals surface area contributed by atoms with Gasteiger partial charge in [-0.2, -0.15) is 0 Å². The maximum absolute atomic E-state index is 14.9. The van der Waals surface area contributed by atoms with Gasteiger partial charge in [0.05, 0.1) is 24.0 Å². The van der Waals surface area contributed by atoms with Gasteiger partial charge in [-0.1, -0.05) is 20.4 Å². The Bertz CT molecular complexity index is 1760. The molecule has 2 spiro atoms. The number of nitrogens with one attached hydrogen (secondary N) is 1. The molecule has 4 aliphatic carbocycles. The fourth-order valence-corrected chi connectivity index (χ4v) is 9.97. The van der Waals surface area contributed by atoms with E-state index in [4.69, 9.17) is 9.47 Å². The van der Waals surface area contributed by atoms with Gasteiger partial charge < -0.3 is 34.8 Å². The molecule has 0 radical (unpaired) electrons. The molecule has 6 fully saturated rings. The molecule has 2 saturated heterocycles. The number of anilines is 1. The Morgan fingerprint density at radius 2 is 1.71 bits per heavy atom. The smallest absolute Gasteiger partial charge is 0.457 e. The molecule has 4 saturated carbocycles. The number of carbonyl (C=O) groups is 3. The minimum Gasteiger partial charge on any atom is -0.457 e. The van der Waals surface area contributed by atoms with Crippen LogP contribution in [0, 0.1) is 39.8 Å². The number of ether oxygens (including phenoxy) is 3. The van der Waals surface area contributed by atoms with Crippen molar-refractivity contribution in [2.75, 3.05) is 11.9 Å². The summed E-state index contributed by atoms with van der Waals surface area (Å²) in [7, 11) is 0. The second kappa shape index (κ2) is 10.8. The molecule has 0 aromatic heterocycles. The Morgan fingerprint density at radius 1 is 1.04 bits per heavy atom. The average molecular weight is 690 g/mol. The Hall–Kier alpha value is -3.85. The number of ketones is 1. The number of hydrogen-bond donors (Lipinski definition) is 4. The summed E-state index contributed by atoms with van der Waals surface area (Å²) < 4.78 is 68.2. The summed E-state index contributed by atoms with van der Waals surface area (Å²) in [6.07, 6.45) is -7.20. The van der Waals surface area contributed by atoms with Crippen LogP contribution in [0.2, 0.25) is 0 Å². The maximum Gasteiger partial charge on any atom is 0.573 e. The van der Waals surface area contributed by atoms with Crippen LogP contribution in [-0.2, 0) is 14.3 Å². The van der Waals surface area contributed by atoms with E-state index in [1.807, 2.05) is 13.8 Å². The SMILES string of the molecule is C=C1C(=O)[C@]23[C@H](OC(=O)c4ccc(F)c(NC(=O)c5ccc(OC(F)(F)F)cc5)c4)[C@H]1CC[C@H]2[C@@]12CO[C@]3(O)[C@@H](O)[C@@H]1C(C)(C)CC[C@@H]2O. The van der Waals surface area contributed by atoms with Gasteiger partial charge in [0.2, 0.25) is 5.79 Å². The van der Waals surface area contributed by atoms with Crippen LogP contribution < -0.4 is 10.1 Å². The number of benzene rings is 2. The monoisotopic (exact) mass is 689 g/mol. The average Bonchev–Trinajstić information content (AvgIpc) is 3.14. The maximum atomic E-state index is 14.9. The third kappa shape index (κ3) is 4.56. The highest BCUT2D eigenvalue weighted by Crippen LogP contribution is 2.76. The lowest BCUT2D eigenvalue weighted by Crippen LogP contribution is -2.85. The lowest BCUT2D eigenvalue weighted by Gasteiger charge is -2.74. The fourth-order valence-electron chi connectivity index (χ4n) is 9.97. The second-order valence-corrected chi connectivity index (χ2v) is 14.6. The van der Waals surface area contributed by atoms with Crippen molar-refractivity contribution in [3.63, 3.8) is 0 Å². The molecule has 4 N–H and O–H groups in total. The Kier molecular flexibility index (Phi) is 7.43. The van der Waals surface area contributed by atoms with Gasteiger partial charge in [-0.3, -0.25) is 9.59 Å². The van der Waals surface area contributed by atoms with Gasteiger partial charge in [-0.25, -0.2) is 9.18 Å². The van der Waals surface area contributed by atoms with Crippen LogP contribution in [0.15, 0.2) is 54.6 Å². The second-order valence-electron chi connectivity index (χ2n) is 14.6. The first-order valence-corrected chi connectivity index (χ1v) is 16.0. The molecule has 1 amide bonds. The first kappa shape index (κ1) is 33.6. The molecule has 8 rings (SSSR count). The van der Waals surface area contributed by atoms with Gasteiger partial charge >= 0.3 is 12.3 Å². The number of Topliss-reactive ketones (excluding diaryl/α,β-unsaturated/α-hetero) is 1. The third-order valence-electron chi connectivity index (χ3n) is 11.9. The van der Waals surface area contributed by atoms with E-state index in [0.29, 0.717) is 25.7 Å². The third-order valence-corrected chi connectivity index (χ3v) is 11.9. The topological polar surface area (TPSA) is 152 Å². The number of carbonyl (C=O) groups excluding carboxylic acids is 3. The number of esters is 1. The van der Waals surface area contributed by atoms with Crippen molar-refractivity contribution >= 4 is 23.3 Å². The van der Waals surface area contributed by atoms with E-state index in [2.05, 4.69) is 16.6 Å². The van der Waals surface area contributed by atoms with Gasteiger partial charge in [0.1, 0.15) is 29.2 Å². The van der Waals surface area contributed by atoms with Crippen molar-refractivity contribution in [1.82, 2.24) is 0 Å². The zero-order valence-electron chi connectivity index (χ0n) is 26.6. The van der Waals surface area contributed by atoms with Gasteiger partial charge in [0.25, 0.3) is 5.91 Å². The molecular weight excluding hydrogens is 654 g/mol. The van der Waals surface area contributed by atoms with Crippen LogP contribution >= 0.6 is 0 Å². The lowest BCUT2D eigenvalue weighted by molar-refractivity contribution is -0.457. The number of rotatable bonds is 5. The largest absolute Gasteiger partial charge is 0.573 e. The van der Waals surface area contributed by atoms with Gasteiger partial charge in [-0.05, 0) is 85.1 Å². The van der Waals surface area contributed by atoms with Crippen LogP contribution in [0.5, 0.6) is 5.75 Å². The number of aliphatic hydroxyl groups excluding tert-OH is 2. The van der Waals surface area contributed by atoms with E-state index in [0.717, 1.165) is 42.5 Å². The van der Waals surface area contributed by atoms with Gasteiger partial charge in [0.15, 0.2) is 5.78 Å². The normalized spacial score (nSPS) is 37.2. The number of hydrogen-bond acceptors (Lipinski definition) is 9. The zero-order chi connectivity index (χ0) is 35.5. The first-order valence-electron chi connectivity index (χ1n) is 16.0. The van der Waals surface area contributed by atoms with Crippen LogP contribution in [0.3, 0.4) is 0 Å². The minimum absolute atomic E-state index is 0.105. The van der Waals surface area contributed by atoms with Crippen LogP contribution in [-0.4, -0.2) is 70.0 Å². The number of alkyl halides is 3. The van der Waals surface area contributed by atoms with E-state index in [-0.39, 0.29) is 23.3 Å². The van der Waals surface area contributed by atoms with Crippen molar-refractivity contribution in [1.29, 1.82) is 0 Å². The summed E-state index contributed by atoms with van der Waals surface area (Å²) in [5.41, 5.74) is -4.35. The highest BCUT2D eigenvalue weighted by atomic mass is 19.4. The van der Waals surface area contributed by atoms with Crippen molar-refractivity contribution in [2.24, 2.45) is 34.0 Å². The fraction of sp³-hybridized carbons (Fsp3) is 0.514. The minimum atomic E-state index is -4.93. The highest BCUT2D eigenvalue weighted by Gasteiger charge is 2.87. The molecule has 2 aromatic rings. The molecule has 4 bridgehead atoms.